The minimum atomic E-state index is -4.62. The van der Waals surface area contributed by atoms with Gasteiger partial charge >= 0.3 is 4.33 Å². The van der Waals surface area contributed by atoms with Crippen LogP contribution in [0.1, 0.15) is 0 Å². The number of carbonyl (C=O) groups excluding carboxylic acids is 1. The molecular weight excluding hydrogens is 385 g/mol. The van der Waals surface area contributed by atoms with E-state index in [0.717, 1.165) is 5.43 Å². The van der Waals surface area contributed by atoms with Gasteiger partial charge in [-0.15, -0.1) is 0 Å². The van der Waals surface area contributed by atoms with E-state index < -0.39 is 80.1 Å². The van der Waals surface area contributed by atoms with Crippen LogP contribution in [0.25, 0.3) is 0 Å². The fraction of sp³-hybridized carbons (Fsp3) is 0.750. The molecule has 0 aromatic rings. The Hall–Kier alpha value is 0.690. The highest BCUT2D eigenvalue weighted by Gasteiger charge is 2.76. The second-order valence-corrected chi connectivity index (χ2v) is 6.81. The van der Waals surface area contributed by atoms with E-state index in [4.69, 9.17) is 0 Å². The molecule has 0 bridgehead atoms. The van der Waals surface area contributed by atoms with Gasteiger partial charge in [0.2, 0.25) is 0 Å². The van der Waals surface area contributed by atoms with Gasteiger partial charge in [-0.2, -0.15) is 19.4 Å². The molecule has 0 fully saturated rings. The summed E-state index contributed by atoms with van der Waals surface area (Å²) in [5.41, 5.74) is 1.06. The zero-order chi connectivity index (χ0) is 15.3. The first-order chi connectivity index (χ1) is 8.78. The predicted molar refractivity (Wildman–Crippen MR) is 66.2 cm³/mol. The van der Waals surface area contributed by atoms with E-state index in [-0.39, 0.29) is 0 Å². The Morgan fingerprint density at radius 1 is 0.895 bits per heavy atom. The van der Waals surface area contributed by atoms with Gasteiger partial charge < -0.3 is 0 Å². The first kappa shape index (κ1) is 19.7. The number of nitrogens with one attached hydrogen (secondary N) is 1. The summed E-state index contributed by atoms with van der Waals surface area (Å²) in [5, 5.41) is -4.62. The van der Waals surface area contributed by atoms with Crippen LogP contribution in [0.3, 0.4) is 0 Å². The minimum absolute atomic E-state index is 1.06. The molecule has 0 aliphatic rings. The van der Waals surface area contributed by atoms with Gasteiger partial charge in [0.25, 0.3) is 15.0 Å². The van der Waals surface area contributed by atoms with Gasteiger partial charge in [-0.1, -0.05) is 0 Å². The zero-order valence-corrected chi connectivity index (χ0v) is 12.3. The molecule has 114 valence electrons. The first-order valence-corrected chi connectivity index (χ1v) is 7.25. The molecule has 0 rings (SSSR count). The largest absolute Gasteiger partial charge is 0.309 e. The van der Waals surface area contributed by atoms with E-state index in [1.54, 1.807) is 0 Å². The maximum absolute atomic E-state index is 14.2. The smallest absolute Gasteiger partial charge is 0.292 e. The van der Waals surface area contributed by atoms with Crippen molar-refractivity contribution in [3.63, 3.8) is 0 Å². The minimum Gasteiger partial charge on any atom is -0.292 e. The molecule has 0 aliphatic heterocycles. The highest BCUT2D eigenvalue weighted by molar-refractivity contribution is 8.18. The van der Waals surface area contributed by atoms with Gasteiger partial charge in [0.15, 0.2) is 0 Å². The van der Waals surface area contributed by atoms with Crippen LogP contribution in [0.4, 0.5) is 28.2 Å². The fourth-order valence-corrected chi connectivity index (χ4v) is 3.56. The SMILES string of the molecule is NNC(=O)C(SF)(SF)C(F)(SF)C(F)(SF)SF. The molecule has 1 amide bonds. The molecular formula is C4H3F7N2OS5. The van der Waals surface area contributed by atoms with Gasteiger partial charge in [-0.3, -0.25) is 10.2 Å². The monoisotopic (exact) mass is 388 g/mol. The van der Waals surface area contributed by atoms with Crippen molar-refractivity contribution in [1.82, 2.24) is 5.43 Å². The lowest BCUT2D eigenvalue weighted by Gasteiger charge is -2.38. The topological polar surface area (TPSA) is 55.1 Å². The maximum atomic E-state index is 14.2. The zero-order valence-electron chi connectivity index (χ0n) is 8.17. The van der Waals surface area contributed by atoms with E-state index in [1.165, 1.54) is 0 Å². The summed E-state index contributed by atoms with van der Waals surface area (Å²) in [7, 11) is 0. The number of hydrogen-bond donors (Lipinski definition) is 2. The van der Waals surface area contributed by atoms with Crippen LogP contribution in [0, 0.1) is 0 Å². The third-order valence-corrected chi connectivity index (χ3v) is 6.16. The van der Waals surface area contributed by atoms with E-state index in [1.807, 2.05) is 0 Å². The van der Waals surface area contributed by atoms with Crippen LogP contribution in [0.2, 0.25) is 0 Å². The summed E-state index contributed by atoms with van der Waals surface area (Å²) in [5.74, 6) is 2.44. The summed E-state index contributed by atoms with van der Waals surface area (Å²) >= 11 is -8.19. The van der Waals surface area contributed by atoms with Crippen molar-refractivity contribution in [2.75, 3.05) is 0 Å². The van der Waals surface area contributed by atoms with Crippen molar-refractivity contribution in [3.05, 3.63) is 0 Å². The van der Waals surface area contributed by atoms with E-state index in [0.29, 0.717) is 0 Å². The van der Waals surface area contributed by atoms with Crippen LogP contribution in [-0.2, 0) is 4.79 Å². The number of carbonyl (C=O) groups is 1. The lowest BCUT2D eigenvalue weighted by Crippen LogP contribution is -2.61. The summed E-state index contributed by atoms with van der Waals surface area (Å²) in [6.45, 7) is 0. The molecule has 15 heteroatoms. The lowest BCUT2D eigenvalue weighted by atomic mass is 10.2. The Balaban J connectivity index is 6.04. The Bertz CT molecular complexity index is 318. The number of hydrogen-bond acceptors (Lipinski definition) is 7. The third-order valence-electron chi connectivity index (χ3n) is 1.76. The average Bonchev–Trinajstić information content (AvgIpc) is 2.46. The number of hydrazine groups is 1. The molecule has 0 aromatic carbocycles. The number of alkyl halides is 2. The van der Waals surface area contributed by atoms with Crippen LogP contribution >= 0.6 is 60.7 Å². The molecule has 3 N–H and O–H groups in total. The summed E-state index contributed by atoms with van der Waals surface area (Å²) in [6.07, 6.45) is 0. The van der Waals surface area contributed by atoms with Crippen molar-refractivity contribution >= 4 is 66.6 Å². The molecule has 0 aromatic heterocycles. The highest BCUT2D eigenvalue weighted by Crippen LogP contribution is 2.66. The van der Waals surface area contributed by atoms with Crippen LogP contribution in [0.5, 0.6) is 0 Å². The maximum Gasteiger partial charge on any atom is 0.309 e. The fourth-order valence-electron chi connectivity index (χ4n) is 0.827. The van der Waals surface area contributed by atoms with Gasteiger partial charge in [0, 0.05) is 0 Å². The average molecular weight is 388 g/mol. The summed E-state index contributed by atoms with van der Waals surface area (Å²) in [6, 6.07) is 0. The lowest BCUT2D eigenvalue weighted by molar-refractivity contribution is -0.123. The highest BCUT2D eigenvalue weighted by atomic mass is 32.2. The number of nitrogens with two attached hydrogens (primary N) is 1. The van der Waals surface area contributed by atoms with Gasteiger partial charge in [-0.25, -0.2) is 14.6 Å². The second-order valence-electron chi connectivity index (χ2n) is 2.61. The van der Waals surface area contributed by atoms with Crippen LogP contribution < -0.4 is 11.3 Å². The molecule has 0 heterocycles. The quantitative estimate of drug-likeness (QED) is 0.214. The van der Waals surface area contributed by atoms with Crippen molar-refractivity contribution in [3.8, 4) is 0 Å². The van der Waals surface area contributed by atoms with Crippen molar-refractivity contribution in [2.45, 2.75) is 13.4 Å². The Labute approximate surface area is 124 Å². The van der Waals surface area contributed by atoms with E-state index in [9.17, 15) is 33.0 Å². The Morgan fingerprint density at radius 2 is 1.32 bits per heavy atom. The van der Waals surface area contributed by atoms with E-state index >= 15 is 0 Å². The number of amides is 1. The number of halogens is 7. The van der Waals surface area contributed by atoms with Gasteiger partial charge in [0.05, 0.1) is 36.4 Å². The van der Waals surface area contributed by atoms with Crippen LogP contribution in [0.15, 0.2) is 0 Å². The standard InChI is InChI=1S/C4H3F7N2OS5/c5-3(17-9,4(6,18-10)19-11)2(15-7,16-8)1(14)13-12/h12H2,(H,13,14). The van der Waals surface area contributed by atoms with Crippen LogP contribution in [-0.4, -0.2) is 19.3 Å². The second kappa shape index (κ2) is 7.63. The Kier molecular flexibility index (Phi) is 7.91. The van der Waals surface area contributed by atoms with Crippen molar-refractivity contribution < 1.29 is 33.0 Å². The predicted octanol–water partition coefficient (Wildman–Crippen LogP) is 4.05. The molecule has 1 atom stereocenters. The summed E-state index contributed by atoms with van der Waals surface area (Å²) in [4.78, 5) is 11.2. The molecule has 0 spiro atoms. The van der Waals surface area contributed by atoms with Crippen molar-refractivity contribution in [1.29, 1.82) is 0 Å². The van der Waals surface area contributed by atoms with E-state index in [2.05, 4.69) is 5.84 Å². The normalized spacial score (nSPS) is 16.0. The molecule has 0 saturated carbocycles. The molecule has 0 radical (unpaired) electrons. The summed E-state index contributed by atoms with van der Waals surface area (Å²) < 4.78 is 82.2. The first-order valence-electron chi connectivity index (χ1n) is 3.66. The molecule has 3 nitrogen and oxygen atoms in total. The molecule has 0 aliphatic carbocycles. The molecule has 0 saturated heterocycles. The third kappa shape index (κ3) is 3.00. The van der Waals surface area contributed by atoms with Gasteiger partial charge in [-0.05, 0) is 0 Å². The Morgan fingerprint density at radius 3 is 1.53 bits per heavy atom. The molecule has 1 unspecified atom stereocenters. The van der Waals surface area contributed by atoms with Gasteiger partial charge in [0.1, 0.15) is 24.3 Å². The molecule has 19 heavy (non-hydrogen) atoms. The van der Waals surface area contributed by atoms with Crippen molar-refractivity contribution in [2.24, 2.45) is 5.84 Å². The number of rotatable bonds is 8.